The summed E-state index contributed by atoms with van der Waals surface area (Å²) in [5, 5.41) is 9.20. The lowest BCUT2D eigenvalue weighted by Gasteiger charge is -2.51. The maximum Gasteiger partial charge on any atom is 0.332 e. The Morgan fingerprint density at radius 3 is 2.65 bits per heavy atom. The van der Waals surface area contributed by atoms with Crippen LogP contribution in [0.4, 0.5) is 0 Å². The monoisotopic (exact) mass is 428 g/mol. The van der Waals surface area contributed by atoms with Gasteiger partial charge in [-0.15, -0.1) is 0 Å². The maximum atomic E-state index is 12.8. The molecule has 2 heterocycles. The van der Waals surface area contributed by atoms with Crippen molar-refractivity contribution in [3.05, 3.63) is 42.0 Å². The Kier molecular flexibility index (Phi) is 5.97. The molecule has 3 unspecified atom stereocenters. The van der Waals surface area contributed by atoms with Crippen molar-refractivity contribution in [2.24, 2.45) is 17.8 Å². The van der Waals surface area contributed by atoms with Gasteiger partial charge in [-0.05, 0) is 49.7 Å². The molecule has 1 aromatic carbocycles. The molecular formula is C25H32O6. The molecule has 1 aliphatic carbocycles. The summed E-state index contributed by atoms with van der Waals surface area (Å²) in [4.78, 5) is 24.7. The van der Waals surface area contributed by atoms with E-state index in [2.05, 4.69) is 6.92 Å². The largest absolute Gasteiger partial charge is 0.457 e. The van der Waals surface area contributed by atoms with Gasteiger partial charge in [0.1, 0.15) is 30.0 Å². The number of esters is 2. The van der Waals surface area contributed by atoms with Gasteiger partial charge in [-0.3, -0.25) is 0 Å². The molecule has 3 aliphatic rings. The Balaban J connectivity index is 1.61. The Hall–Kier alpha value is -2.18. The van der Waals surface area contributed by atoms with Gasteiger partial charge >= 0.3 is 11.9 Å². The molecule has 2 bridgehead atoms. The van der Waals surface area contributed by atoms with Gasteiger partial charge in [-0.2, -0.15) is 0 Å². The first kappa shape index (κ1) is 22.0. The average molecular weight is 429 g/mol. The molecule has 31 heavy (non-hydrogen) atoms. The van der Waals surface area contributed by atoms with Crippen molar-refractivity contribution in [2.75, 3.05) is 6.61 Å². The summed E-state index contributed by atoms with van der Waals surface area (Å²) in [6, 6.07) is 9.63. The minimum absolute atomic E-state index is 0.122. The molecule has 2 saturated heterocycles. The van der Waals surface area contributed by atoms with E-state index in [1.807, 2.05) is 44.2 Å². The second kappa shape index (κ2) is 8.40. The summed E-state index contributed by atoms with van der Waals surface area (Å²) >= 11 is 0. The van der Waals surface area contributed by atoms with Crippen molar-refractivity contribution in [3.63, 3.8) is 0 Å². The van der Waals surface area contributed by atoms with E-state index in [-0.39, 0.29) is 17.8 Å². The molecule has 0 spiro atoms. The van der Waals surface area contributed by atoms with Gasteiger partial charge < -0.3 is 19.3 Å². The molecule has 1 saturated carbocycles. The molecule has 0 amide bonds. The summed E-state index contributed by atoms with van der Waals surface area (Å²) in [5.74, 6) is -0.386. The Morgan fingerprint density at radius 2 is 1.97 bits per heavy atom. The smallest absolute Gasteiger partial charge is 0.332 e. The van der Waals surface area contributed by atoms with Crippen LogP contribution < -0.4 is 0 Å². The van der Waals surface area contributed by atoms with E-state index >= 15 is 0 Å². The predicted octanol–water partition coefficient (Wildman–Crippen LogP) is 3.52. The fourth-order valence-corrected chi connectivity index (χ4v) is 6.15. The molecule has 0 radical (unpaired) electrons. The van der Waals surface area contributed by atoms with Gasteiger partial charge in [0, 0.05) is 18.4 Å². The minimum atomic E-state index is -0.703. The maximum absolute atomic E-state index is 12.8. The lowest BCUT2D eigenvalue weighted by atomic mass is 9.71. The molecule has 3 fully saturated rings. The van der Waals surface area contributed by atoms with Crippen molar-refractivity contribution in [2.45, 2.75) is 69.9 Å². The van der Waals surface area contributed by atoms with Gasteiger partial charge in [-0.25, -0.2) is 9.59 Å². The number of hydrogen-bond donors (Lipinski definition) is 1. The highest BCUT2D eigenvalue weighted by Gasteiger charge is 2.70. The highest BCUT2D eigenvalue weighted by molar-refractivity contribution is 5.87. The molecule has 168 valence electrons. The molecule has 1 N–H and O–H groups in total. The van der Waals surface area contributed by atoms with Crippen LogP contribution in [-0.4, -0.2) is 47.1 Å². The molecular weight excluding hydrogens is 396 g/mol. The molecule has 2 aliphatic heterocycles. The summed E-state index contributed by atoms with van der Waals surface area (Å²) in [7, 11) is 0. The second-order valence-corrected chi connectivity index (χ2v) is 9.38. The highest BCUT2D eigenvalue weighted by atomic mass is 16.6. The molecule has 1 aromatic rings. The van der Waals surface area contributed by atoms with Crippen molar-refractivity contribution < 1.29 is 28.9 Å². The van der Waals surface area contributed by atoms with Crippen LogP contribution in [0.1, 0.15) is 52.0 Å². The van der Waals surface area contributed by atoms with Crippen LogP contribution in [0.15, 0.2) is 36.4 Å². The predicted molar refractivity (Wildman–Crippen MR) is 115 cm³/mol. The van der Waals surface area contributed by atoms with Crippen LogP contribution in [0, 0.1) is 17.8 Å². The number of benzene rings is 1. The van der Waals surface area contributed by atoms with Crippen LogP contribution in [0.3, 0.4) is 0 Å². The summed E-state index contributed by atoms with van der Waals surface area (Å²) in [6.07, 6.45) is 5.42. The molecule has 4 rings (SSSR count). The fraction of sp³-hybridized carbons (Fsp3) is 0.600. The quantitative estimate of drug-likeness (QED) is 0.552. The molecule has 6 heteroatoms. The van der Waals surface area contributed by atoms with E-state index < -0.39 is 36.0 Å². The summed E-state index contributed by atoms with van der Waals surface area (Å²) in [6.45, 7) is 5.59. The summed E-state index contributed by atoms with van der Waals surface area (Å²) in [5.41, 5.74) is -0.411. The topological polar surface area (TPSA) is 82.1 Å². The first-order chi connectivity index (χ1) is 14.8. The van der Waals surface area contributed by atoms with E-state index in [0.717, 1.165) is 18.4 Å². The SMILES string of the molecule is CC[C@]12CC(OC(=O)CO)[C@](C)(O1)C1CC[C@@H](C)C1[C@@H]2OC(=O)/C=C/c1ccccc1. The number of aliphatic hydroxyl groups excluding tert-OH is 1. The van der Waals surface area contributed by atoms with Crippen LogP contribution in [-0.2, 0) is 23.8 Å². The second-order valence-electron chi connectivity index (χ2n) is 9.38. The van der Waals surface area contributed by atoms with Crippen LogP contribution in [0.5, 0.6) is 0 Å². The Labute approximate surface area is 183 Å². The number of rotatable bonds is 6. The summed E-state index contributed by atoms with van der Waals surface area (Å²) < 4.78 is 18.4. The van der Waals surface area contributed by atoms with Gasteiger partial charge in [0.25, 0.3) is 0 Å². The normalized spacial score (nSPS) is 38.8. The first-order valence-electron chi connectivity index (χ1n) is 11.3. The third-order valence-electron chi connectivity index (χ3n) is 7.71. The van der Waals surface area contributed by atoms with Crippen molar-refractivity contribution in [1.82, 2.24) is 0 Å². The van der Waals surface area contributed by atoms with Gasteiger partial charge in [0.05, 0.1) is 0 Å². The lowest BCUT2D eigenvalue weighted by Crippen LogP contribution is -2.60. The van der Waals surface area contributed by atoms with Gasteiger partial charge in [0.2, 0.25) is 0 Å². The zero-order valence-electron chi connectivity index (χ0n) is 18.5. The van der Waals surface area contributed by atoms with E-state index in [9.17, 15) is 14.7 Å². The van der Waals surface area contributed by atoms with Crippen molar-refractivity contribution in [1.29, 1.82) is 0 Å². The Bertz CT molecular complexity index is 851. The number of carbonyl (C=O) groups is 2. The number of hydrogen-bond acceptors (Lipinski definition) is 6. The lowest BCUT2D eigenvalue weighted by molar-refractivity contribution is -0.253. The highest BCUT2D eigenvalue weighted by Crippen LogP contribution is 2.62. The van der Waals surface area contributed by atoms with Gasteiger partial charge in [0.15, 0.2) is 0 Å². The zero-order chi connectivity index (χ0) is 22.2. The Morgan fingerprint density at radius 1 is 1.23 bits per heavy atom. The fourth-order valence-electron chi connectivity index (χ4n) is 6.15. The molecule has 0 aromatic heterocycles. The minimum Gasteiger partial charge on any atom is -0.457 e. The van der Waals surface area contributed by atoms with E-state index in [4.69, 9.17) is 14.2 Å². The third kappa shape index (κ3) is 3.80. The van der Waals surface area contributed by atoms with E-state index in [1.54, 1.807) is 6.08 Å². The third-order valence-corrected chi connectivity index (χ3v) is 7.71. The van der Waals surface area contributed by atoms with E-state index in [0.29, 0.717) is 18.8 Å². The van der Waals surface area contributed by atoms with Crippen LogP contribution in [0.2, 0.25) is 0 Å². The number of aliphatic hydroxyl groups is 1. The first-order valence-corrected chi connectivity index (χ1v) is 11.3. The number of ether oxygens (including phenoxy) is 3. The number of carbonyl (C=O) groups excluding carboxylic acids is 2. The average Bonchev–Trinajstić information content (AvgIpc) is 3.28. The zero-order valence-corrected chi connectivity index (χ0v) is 18.5. The van der Waals surface area contributed by atoms with Gasteiger partial charge in [-0.1, -0.05) is 44.2 Å². The standard InChI is InChI=1S/C25H32O6/c1-4-25-14-19(29-21(28)15-26)24(3,31-25)18-12-10-16(2)22(18)23(25)30-20(27)13-11-17-8-6-5-7-9-17/h5-9,11,13,16,18-19,22-23,26H,4,10,12,14-15H2,1-3H3/b13-11+/t16-,18?,19?,22?,23+,24-,25-/m1/s1. The van der Waals surface area contributed by atoms with Crippen molar-refractivity contribution in [3.8, 4) is 0 Å². The van der Waals surface area contributed by atoms with Crippen LogP contribution >= 0.6 is 0 Å². The van der Waals surface area contributed by atoms with E-state index in [1.165, 1.54) is 6.08 Å². The van der Waals surface area contributed by atoms with Crippen molar-refractivity contribution >= 4 is 18.0 Å². The molecule has 7 atom stereocenters. The van der Waals surface area contributed by atoms with Crippen LogP contribution in [0.25, 0.3) is 6.08 Å². The molecule has 6 nitrogen and oxygen atoms in total. The number of fused-ring (bicyclic) bond motifs is 4.